The van der Waals surface area contributed by atoms with E-state index in [4.69, 9.17) is 0 Å². The van der Waals surface area contributed by atoms with Gasteiger partial charge >= 0.3 is 11.7 Å². The van der Waals surface area contributed by atoms with Gasteiger partial charge < -0.3 is 10.0 Å². The van der Waals surface area contributed by atoms with Gasteiger partial charge in [0.2, 0.25) is 0 Å². The maximum absolute atomic E-state index is 12.9. The summed E-state index contributed by atoms with van der Waals surface area (Å²) in [6, 6.07) is 2.94. The van der Waals surface area contributed by atoms with Crippen LogP contribution in [0.3, 0.4) is 0 Å². The monoisotopic (exact) mass is 372 g/mol. The van der Waals surface area contributed by atoms with E-state index < -0.39 is 22.6 Å². The van der Waals surface area contributed by atoms with Gasteiger partial charge in [-0.2, -0.15) is 0 Å². The highest BCUT2D eigenvalue weighted by Gasteiger charge is 2.55. The predicted octanol–water partition coefficient (Wildman–Crippen LogP) is -0.0409. The molecule has 3 heterocycles. The molecule has 2 fully saturated rings. The highest BCUT2D eigenvalue weighted by molar-refractivity contribution is 5.95. The van der Waals surface area contributed by atoms with Crippen molar-refractivity contribution in [3.63, 3.8) is 0 Å². The van der Waals surface area contributed by atoms with Gasteiger partial charge in [0, 0.05) is 27.2 Å². The minimum absolute atomic E-state index is 0.0453. The molecule has 2 atom stereocenters. The van der Waals surface area contributed by atoms with Crippen LogP contribution in [-0.2, 0) is 18.9 Å². The highest BCUT2D eigenvalue weighted by atomic mass is 16.4. The first-order valence-corrected chi connectivity index (χ1v) is 8.86. The van der Waals surface area contributed by atoms with Gasteiger partial charge in [-0.15, -0.1) is 0 Å². The van der Waals surface area contributed by atoms with E-state index in [2.05, 4.69) is 4.98 Å². The second kappa shape index (κ2) is 5.77. The van der Waals surface area contributed by atoms with Crippen molar-refractivity contribution in [1.82, 2.24) is 19.0 Å². The van der Waals surface area contributed by atoms with Gasteiger partial charge in [0.15, 0.2) is 0 Å². The molecule has 0 bridgehead atoms. The lowest BCUT2D eigenvalue weighted by molar-refractivity contribution is -0.149. The molecule has 2 aromatic rings. The van der Waals surface area contributed by atoms with Gasteiger partial charge in [-0.3, -0.25) is 23.5 Å². The van der Waals surface area contributed by atoms with Crippen LogP contribution in [-0.4, -0.2) is 49.1 Å². The van der Waals surface area contributed by atoms with E-state index in [0.717, 1.165) is 17.4 Å². The average Bonchev–Trinajstić information content (AvgIpc) is 3.22. The molecule has 1 saturated carbocycles. The molecule has 2 aliphatic rings. The minimum atomic E-state index is -0.866. The van der Waals surface area contributed by atoms with Gasteiger partial charge in [-0.1, -0.05) is 6.42 Å². The highest BCUT2D eigenvalue weighted by Crippen LogP contribution is 2.49. The summed E-state index contributed by atoms with van der Waals surface area (Å²) in [5.41, 5.74) is -1.62. The Hall–Kier alpha value is -2.97. The number of likely N-dealkylation sites (tertiary alicyclic amines) is 1. The Balaban J connectivity index is 1.73. The standard InChI is InChI=1S/C18H20N4O5/c1-20-13-11(14(23)21(2)17(20)27)5-6-12(19-13)15(24)22-8-10-4-3-7-18(10,9-22)16(25)26/h5-6,10H,3-4,7-9H2,1-2H3,(H,25,26)/t10-,18+/m0/s1. The normalized spacial score (nSPS) is 24.4. The third kappa shape index (κ3) is 2.34. The largest absolute Gasteiger partial charge is 0.481 e. The molecular formula is C18H20N4O5. The Labute approximate surface area is 153 Å². The van der Waals surface area contributed by atoms with Gasteiger partial charge in [-0.25, -0.2) is 9.78 Å². The first kappa shape index (κ1) is 17.4. The van der Waals surface area contributed by atoms with Gasteiger partial charge in [0.05, 0.1) is 10.8 Å². The van der Waals surface area contributed by atoms with Gasteiger partial charge in [0.25, 0.3) is 11.5 Å². The SMILES string of the molecule is Cn1c(=O)c2ccc(C(=O)N3C[C@@H]4CCC[C@@]4(C(=O)O)C3)nc2n(C)c1=O. The van der Waals surface area contributed by atoms with Gasteiger partial charge in [-0.05, 0) is 30.9 Å². The summed E-state index contributed by atoms with van der Waals surface area (Å²) in [7, 11) is 2.88. The predicted molar refractivity (Wildman–Crippen MR) is 95.5 cm³/mol. The number of aromatic nitrogens is 3. The molecule has 9 nitrogen and oxygen atoms in total. The van der Waals surface area contributed by atoms with Crippen molar-refractivity contribution >= 4 is 22.9 Å². The lowest BCUT2D eigenvalue weighted by Gasteiger charge is -2.23. The third-order valence-corrected chi connectivity index (χ3v) is 6.10. The number of nitrogens with zero attached hydrogens (tertiary/aromatic N) is 4. The molecule has 0 radical (unpaired) electrons. The fourth-order valence-electron chi connectivity index (χ4n) is 4.53. The van der Waals surface area contributed by atoms with E-state index in [1.807, 2.05) is 0 Å². The molecule has 2 aromatic heterocycles. The molecule has 142 valence electrons. The van der Waals surface area contributed by atoms with Crippen molar-refractivity contribution < 1.29 is 14.7 Å². The van der Waals surface area contributed by atoms with E-state index in [-0.39, 0.29) is 35.1 Å². The van der Waals surface area contributed by atoms with Crippen LogP contribution in [0.15, 0.2) is 21.7 Å². The smallest absolute Gasteiger partial charge is 0.332 e. The molecule has 0 spiro atoms. The van der Waals surface area contributed by atoms with E-state index in [0.29, 0.717) is 13.0 Å². The maximum Gasteiger partial charge on any atom is 0.332 e. The van der Waals surface area contributed by atoms with E-state index >= 15 is 0 Å². The molecule has 1 saturated heterocycles. The lowest BCUT2D eigenvalue weighted by atomic mass is 9.81. The van der Waals surface area contributed by atoms with Gasteiger partial charge in [0.1, 0.15) is 11.3 Å². The van der Waals surface area contributed by atoms with Crippen LogP contribution in [0, 0.1) is 11.3 Å². The maximum atomic E-state index is 12.9. The Morgan fingerprint density at radius 2 is 1.96 bits per heavy atom. The fourth-order valence-corrected chi connectivity index (χ4v) is 4.53. The summed E-state index contributed by atoms with van der Waals surface area (Å²) >= 11 is 0. The van der Waals surface area contributed by atoms with Crippen LogP contribution in [0.4, 0.5) is 0 Å². The molecule has 1 amide bonds. The summed E-state index contributed by atoms with van der Waals surface area (Å²) in [5.74, 6) is -1.27. The minimum Gasteiger partial charge on any atom is -0.481 e. The van der Waals surface area contributed by atoms with Crippen LogP contribution in [0.2, 0.25) is 0 Å². The number of fused-ring (bicyclic) bond motifs is 2. The summed E-state index contributed by atoms with van der Waals surface area (Å²) in [4.78, 5) is 54.9. The average molecular weight is 372 g/mol. The van der Waals surface area contributed by atoms with Crippen molar-refractivity contribution in [3.05, 3.63) is 38.7 Å². The quantitative estimate of drug-likeness (QED) is 0.791. The number of aryl methyl sites for hydroxylation is 1. The number of carboxylic acid groups (broad SMARTS) is 1. The second-order valence-electron chi connectivity index (χ2n) is 7.51. The van der Waals surface area contributed by atoms with Crippen molar-refractivity contribution in [2.24, 2.45) is 25.4 Å². The van der Waals surface area contributed by atoms with E-state index in [1.54, 1.807) is 0 Å². The number of aliphatic carboxylic acids is 1. The first-order valence-electron chi connectivity index (χ1n) is 8.86. The van der Waals surface area contributed by atoms with Crippen molar-refractivity contribution in [2.45, 2.75) is 19.3 Å². The molecular weight excluding hydrogens is 352 g/mol. The Morgan fingerprint density at radius 1 is 1.22 bits per heavy atom. The van der Waals surface area contributed by atoms with E-state index in [1.165, 1.54) is 35.7 Å². The first-order chi connectivity index (χ1) is 12.8. The van der Waals surface area contributed by atoms with E-state index in [9.17, 15) is 24.3 Å². The van der Waals surface area contributed by atoms with Crippen LogP contribution in [0.25, 0.3) is 11.0 Å². The van der Waals surface area contributed by atoms with Crippen molar-refractivity contribution in [1.29, 1.82) is 0 Å². The Kier molecular flexibility index (Phi) is 3.72. The van der Waals surface area contributed by atoms with Crippen molar-refractivity contribution in [2.75, 3.05) is 13.1 Å². The number of pyridine rings is 1. The zero-order chi connectivity index (χ0) is 19.5. The number of carboxylic acids is 1. The number of carbonyl (C=O) groups excluding carboxylic acids is 1. The number of amides is 1. The summed E-state index contributed by atoms with van der Waals surface area (Å²) in [6.07, 6.45) is 2.23. The second-order valence-corrected chi connectivity index (χ2v) is 7.51. The van der Waals surface area contributed by atoms with Crippen LogP contribution >= 0.6 is 0 Å². The summed E-state index contributed by atoms with van der Waals surface area (Å²) in [5, 5.41) is 9.93. The zero-order valence-electron chi connectivity index (χ0n) is 15.1. The summed E-state index contributed by atoms with van der Waals surface area (Å²) < 4.78 is 2.22. The molecule has 0 unspecified atom stereocenters. The Bertz CT molecular complexity index is 1100. The molecule has 27 heavy (non-hydrogen) atoms. The van der Waals surface area contributed by atoms with Crippen LogP contribution in [0.1, 0.15) is 29.8 Å². The number of carbonyl (C=O) groups is 2. The topological polar surface area (TPSA) is 114 Å². The van der Waals surface area contributed by atoms with Crippen LogP contribution in [0.5, 0.6) is 0 Å². The van der Waals surface area contributed by atoms with Crippen LogP contribution < -0.4 is 11.2 Å². The number of hydrogen-bond acceptors (Lipinski definition) is 5. The molecule has 1 aliphatic heterocycles. The molecule has 1 aliphatic carbocycles. The summed E-state index contributed by atoms with van der Waals surface area (Å²) in [6.45, 7) is 0.557. The Morgan fingerprint density at radius 3 is 2.63 bits per heavy atom. The van der Waals surface area contributed by atoms with Crippen molar-refractivity contribution in [3.8, 4) is 0 Å². The number of hydrogen-bond donors (Lipinski definition) is 1. The molecule has 4 rings (SSSR count). The molecule has 9 heteroatoms. The third-order valence-electron chi connectivity index (χ3n) is 6.10. The molecule has 0 aromatic carbocycles. The number of rotatable bonds is 2. The molecule has 1 N–H and O–H groups in total. The lowest BCUT2D eigenvalue weighted by Crippen LogP contribution is -2.38. The fraction of sp³-hybridized carbons (Fsp3) is 0.500. The zero-order valence-corrected chi connectivity index (χ0v) is 15.1.